The van der Waals surface area contributed by atoms with Crippen LogP contribution in [0, 0.1) is 51.7 Å². The summed E-state index contributed by atoms with van der Waals surface area (Å²) in [5, 5.41) is 7.51. The van der Waals surface area contributed by atoms with Crippen molar-refractivity contribution in [3.63, 3.8) is 0 Å². The van der Waals surface area contributed by atoms with E-state index in [1.807, 2.05) is 0 Å². The zero-order valence-corrected chi connectivity index (χ0v) is 25.5. The van der Waals surface area contributed by atoms with Crippen LogP contribution in [0.5, 0.6) is 5.75 Å². The maximum atomic E-state index is 12.6. The molecule has 0 heterocycles. The number of nitrogens with two attached hydrogens (primary N) is 1. The Morgan fingerprint density at radius 1 is 1.02 bits per heavy atom. The van der Waals surface area contributed by atoms with Crippen LogP contribution in [0.15, 0.2) is 35.9 Å². The van der Waals surface area contributed by atoms with Crippen molar-refractivity contribution in [2.45, 2.75) is 111 Å². The van der Waals surface area contributed by atoms with Crippen LogP contribution in [0.3, 0.4) is 0 Å². The van der Waals surface area contributed by atoms with Crippen molar-refractivity contribution in [3.8, 4) is 5.75 Å². The minimum atomic E-state index is -0.647. The molecular formula is C35H52N2O3. The van der Waals surface area contributed by atoms with E-state index in [0.29, 0.717) is 16.7 Å². The van der Waals surface area contributed by atoms with E-state index >= 15 is 0 Å². The SMILES string of the molecule is CC(C)CCC[C@@H](C)[C@H]1CC[C@H]2[C@@H]3CC=C4C[C@@H](OC(=O)Oc5ccc(C(=N)N)cc5)CC[C@]4(C)[C@H]3CC[C@]12C. The molecule has 0 amide bonds. The Hall–Kier alpha value is -2.30. The number of nitrogen functional groups attached to an aromatic ring is 1. The molecule has 5 nitrogen and oxygen atoms in total. The van der Waals surface area contributed by atoms with Gasteiger partial charge in [-0.15, -0.1) is 0 Å². The summed E-state index contributed by atoms with van der Waals surface area (Å²) in [5.74, 6) is 5.36. The van der Waals surface area contributed by atoms with Crippen LogP contribution in [-0.2, 0) is 4.74 Å². The molecule has 0 radical (unpaired) electrons. The molecule has 1 aromatic rings. The number of nitrogens with one attached hydrogen (secondary N) is 1. The lowest BCUT2D eigenvalue weighted by molar-refractivity contribution is -0.0597. The molecule has 1 aromatic carbocycles. The Labute approximate surface area is 242 Å². The van der Waals surface area contributed by atoms with Crippen molar-refractivity contribution in [1.82, 2.24) is 0 Å². The largest absolute Gasteiger partial charge is 0.514 e. The van der Waals surface area contributed by atoms with E-state index in [9.17, 15) is 4.79 Å². The number of carbonyl (C=O) groups excluding carboxylic acids is 1. The van der Waals surface area contributed by atoms with E-state index in [0.717, 1.165) is 54.8 Å². The van der Waals surface area contributed by atoms with Gasteiger partial charge in [0.2, 0.25) is 0 Å². The third-order valence-corrected chi connectivity index (χ3v) is 11.9. The second-order valence-electron chi connectivity index (χ2n) is 14.6. The number of fused-ring (bicyclic) bond motifs is 5. The fourth-order valence-corrected chi connectivity index (χ4v) is 9.71. The van der Waals surface area contributed by atoms with Gasteiger partial charge in [-0.05, 0) is 116 Å². The molecule has 0 spiro atoms. The van der Waals surface area contributed by atoms with Crippen molar-refractivity contribution in [3.05, 3.63) is 41.5 Å². The number of allylic oxidation sites excluding steroid dienone is 1. The predicted octanol–water partition coefficient (Wildman–Crippen LogP) is 8.90. The van der Waals surface area contributed by atoms with Crippen LogP contribution >= 0.6 is 0 Å². The third kappa shape index (κ3) is 5.59. The molecule has 3 fully saturated rings. The van der Waals surface area contributed by atoms with Crippen LogP contribution in [0.2, 0.25) is 0 Å². The van der Waals surface area contributed by atoms with Crippen molar-refractivity contribution in [2.75, 3.05) is 0 Å². The summed E-state index contributed by atoms with van der Waals surface area (Å²) in [6, 6.07) is 6.65. The van der Waals surface area contributed by atoms with Gasteiger partial charge in [-0.2, -0.15) is 0 Å². The highest BCUT2D eigenvalue weighted by Gasteiger charge is 2.59. The lowest BCUT2D eigenvalue weighted by atomic mass is 9.47. The normalized spacial score (nSPS) is 35.6. The highest BCUT2D eigenvalue weighted by Crippen LogP contribution is 2.67. The molecule has 5 heteroatoms. The Kier molecular flexibility index (Phi) is 8.42. The molecule has 4 aliphatic rings. The highest BCUT2D eigenvalue weighted by atomic mass is 16.7. The Morgan fingerprint density at radius 2 is 1.77 bits per heavy atom. The molecule has 0 unspecified atom stereocenters. The second kappa shape index (κ2) is 11.5. The molecule has 3 saturated carbocycles. The first-order valence-corrected chi connectivity index (χ1v) is 16.0. The van der Waals surface area contributed by atoms with E-state index in [1.54, 1.807) is 24.3 Å². The van der Waals surface area contributed by atoms with Crippen molar-refractivity contribution in [2.24, 2.45) is 52.1 Å². The minimum absolute atomic E-state index is 0.00984. The number of benzene rings is 1. The first-order valence-electron chi connectivity index (χ1n) is 16.0. The van der Waals surface area contributed by atoms with Crippen LogP contribution in [0.25, 0.3) is 0 Å². The number of rotatable bonds is 8. The average molecular weight is 549 g/mol. The maximum Gasteiger partial charge on any atom is 0.514 e. The maximum absolute atomic E-state index is 12.6. The average Bonchev–Trinajstić information content (AvgIpc) is 3.26. The number of hydrogen-bond acceptors (Lipinski definition) is 4. The van der Waals surface area contributed by atoms with Crippen molar-refractivity contribution in [1.29, 1.82) is 5.41 Å². The Morgan fingerprint density at radius 3 is 2.48 bits per heavy atom. The van der Waals surface area contributed by atoms with E-state index in [2.05, 4.69) is 40.7 Å². The van der Waals surface area contributed by atoms with Gasteiger partial charge in [0.05, 0.1) is 0 Å². The smallest absolute Gasteiger partial charge is 0.430 e. The number of amidine groups is 1. The van der Waals surface area contributed by atoms with Gasteiger partial charge in [0, 0.05) is 12.0 Å². The lowest BCUT2D eigenvalue weighted by Crippen LogP contribution is -2.51. The van der Waals surface area contributed by atoms with E-state index < -0.39 is 6.16 Å². The third-order valence-electron chi connectivity index (χ3n) is 11.9. The van der Waals surface area contributed by atoms with Gasteiger partial charge >= 0.3 is 6.16 Å². The summed E-state index contributed by atoms with van der Waals surface area (Å²) in [7, 11) is 0. The van der Waals surface area contributed by atoms with Gasteiger partial charge in [0.1, 0.15) is 17.7 Å². The van der Waals surface area contributed by atoms with Gasteiger partial charge in [0.15, 0.2) is 0 Å². The summed E-state index contributed by atoms with van der Waals surface area (Å²) in [6.07, 6.45) is 15.5. The molecule has 0 saturated heterocycles. The first-order chi connectivity index (χ1) is 19.0. The lowest BCUT2D eigenvalue weighted by Gasteiger charge is -2.58. The number of carbonyl (C=O) groups is 1. The molecule has 4 aliphatic carbocycles. The summed E-state index contributed by atoms with van der Waals surface area (Å²) >= 11 is 0. The molecule has 0 aliphatic heterocycles. The molecular weight excluding hydrogens is 496 g/mol. The van der Waals surface area contributed by atoms with Gasteiger partial charge in [-0.1, -0.05) is 65.5 Å². The van der Waals surface area contributed by atoms with Gasteiger partial charge in [-0.3, -0.25) is 5.41 Å². The molecule has 40 heavy (non-hydrogen) atoms. The van der Waals surface area contributed by atoms with Crippen LogP contribution in [0.4, 0.5) is 4.79 Å². The number of ether oxygens (including phenoxy) is 2. The van der Waals surface area contributed by atoms with E-state index in [1.165, 1.54) is 56.9 Å². The van der Waals surface area contributed by atoms with E-state index in [-0.39, 0.29) is 17.4 Å². The van der Waals surface area contributed by atoms with Gasteiger partial charge in [0.25, 0.3) is 0 Å². The molecule has 0 bridgehead atoms. The number of hydrogen-bond donors (Lipinski definition) is 2. The molecule has 220 valence electrons. The van der Waals surface area contributed by atoms with Crippen molar-refractivity contribution >= 4 is 12.0 Å². The second-order valence-corrected chi connectivity index (χ2v) is 14.6. The highest BCUT2D eigenvalue weighted by molar-refractivity contribution is 5.95. The fourth-order valence-electron chi connectivity index (χ4n) is 9.71. The summed E-state index contributed by atoms with van der Waals surface area (Å²) in [4.78, 5) is 12.6. The summed E-state index contributed by atoms with van der Waals surface area (Å²) < 4.78 is 11.2. The molecule has 3 N–H and O–H groups in total. The standard InChI is InChI=1S/C35H52N2O3/c1-22(2)7-6-8-23(3)29-15-16-30-28-14-11-25-21-27(17-19-34(25,4)31(28)18-20-35(29,30)5)40-33(38)39-26-12-9-24(10-13-26)32(36)37/h9-13,22-23,27-31H,6-8,14-21H2,1-5H3,(H3,36,37)/t23-,27+,28+,29-,30+,31+,34+,35-/m1/s1. The molecule has 0 aromatic heterocycles. The van der Waals surface area contributed by atoms with Crippen LogP contribution < -0.4 is 10.5 Å². The Bertz CT molecular complexity index is 1110. The van der Waals surface area contributed by atoms with E-state index in [4.69, 9.17) is 20.6 Å². The topological polar surface area (TPSA) is 85.4 Å². The summed E-state index contributed by atoms with van der Waals surface area (Å²) in [5.41, 5.74) is 8.37. The predicted molar refractivity (Wildman–Crippen MR) is 161 cm³/mol. The quantitative estimate of drug-likeness (QED) is 0.112. The first kappa shape index (κ1) is 29.2. The van der Waals surface area contributed by atoms with Gasteiger partial charge in [-0.25, -0.2) is 4.79 Å². The molecule has 8 atom stereocenters. The van der Waals surface area contributed by atoms with Crippen molar-refractivity contribution < 1.29 is 14.3 Å². The Balaban J connectivity index is 1.20. The zero-order valence-electron chi connectivity index (χ0n) is 25.5. The van der Waals surface area contributed by atoms with Gasteiger partial charge < -0.3 is 15.2 Å². The minimum Gasteiger partial charge on any atom is -0.430 e. The fraction of sp³-hybridized carbons (Fsp3) is 0.714. The zero-order chi connectivity index (χ0) is 28.7. The van der Waals surface area contributed by atoms with Crippen LogP contribution in [0.1, 0.15) is 111 Å². The summed E-state index contributed by atoms with van der Waals surface area (Å²) in [6.45, 7) is 12.4. The van der Waals surface area contributed by atoms with Crippen LogP contribution in [-0.4, -0.2) is 18.1 Å². The molecule has 5 rings (SSSR count). The monoisotopic (exact) mass is 548 g/mol.